The fourth-order valence-corrected chi connectivity index (χ4v) is 2.02. The minimum Gasteiger partial charge on any atom is -0.497 e. The Bertz CT molecular complexity index is 532. The molecule has 0 aliphatic carbocycles. The maximum absolute atomic E-state index is 5.72. The molecule has 2 aromatic carbocycles. The first kappa shape index (κ1) is 15.2. The van der Waals surface area contributed by atoms with Gasteiger partial charge in [-0.2, -0.15) is 0 Å². The van der Waals surface area contributed by atoms with Crippen LogP contribution in [0.3, 0.4) is 0 Å². The summed E-state index contributed by atoms with van der Waals surface area (Å²) in [5, 5.41) is 3.32. The van der Waals surface area contributed by atoms with Gasteiger partial charge in [-0.05, 0) is 47.9 Å². The van der Waals surface area contributed by atoms with Crippen LogP contribution in [0, 0.1) is 0 Å². The summed E-state index contributed by atoms with van der Waals surface area (Å²) in [7, 11) is 1.67. The number of rotatable bonds is 7. The van der Waals surface area contributed by atoms with Crippen molar-refractivity contribution in [3.8, 4) is 11.5 Å². The summed E-state index contributed by atoms with van der Waals surface area (Å²) in [5.74, 6) is 2.33. The van der Waals surface area contributed by atoms with Gasteiger partial charge in [-0.3, -0.25) is 0 Å². The zero-order valence-corrected chi connectivity index (χ0v) is 12.9. The molecule has 3 nitrogen and oxygen atoms in total. The second-order valence-corrected chi connectivity index (χ2v) is 5.23. The van der Waals surface area contributed by atoms with Crippen LogP contribution in [0.15, 0.2) is 48.5 Å². The Hall–Kier alpha value is -2.16. The fourth-order valence-electron chi connectivity index (χ4n) is 2.02. The molecule has 0 saturated heterocycles. The van der Waals surface area contributed by atoms with E-state index in [-0.39, 0.29) is 0 Å². The van der Waals surface area contributed by atoms with E-state index in [0.29, 0.717) is 12.5 Å². The second kappa shape index (κ2) is 7.58. The van der Waals surface area contributed by atoms with Crippen molar-refractivity contribution in [3.05, 3.63) is 54.1 Å². The van der Waals surface area contributed by atoms with Crippen LogP contribution in [-0.2, 0) is 0 Å². The van der Waals surface area contributed by atoms with Gasteiger partial charge in [0.05, 0.1) is 7.11 Å². The van der Waals surface area contributed by atoms with Crippen molar-refractivity contribution in [2.75, 3.05) is 25.6 Å². The lowest BCUT2D eigenvalue weighted by Gasteiger charge is -2.10. The number of ether oxygens (including phenoxy) is 2. The molecule has 0 bridgehead atoms. The van der Waals surface area contributed by atoms with Gasteiger partial charge >= 0.3 is 0 Å². The van der Waals surface area contributed by atoms with Crippen LogP contribution in [0.1, 0.15) is 25.3 Å². The topological polar surface area (TPSA) is 30.5 Å². The Kier molecular flexibility index (Phi) is 5.50. The maximum atomic E-state index is 5.72. The molecule has 0 unspecified atom stereocenters. The second-order valence-electron chi connectivity index (χ2n) is 5.23. The molecule has 0 saturated carbocycles. The van der Waals surface area contributed by atoms with Crippen LogP contribution < -0.4 is 14.8 Å². The number of nitrogens with one attached hydrogen (secondary N) is 1. The van der Waals surface area contributed by atoms with Crippen molar-refractivity contribution in [2.45, 2.75) is 19.8 Å². The van der Waals surface area contributed by atoms with Crippen molar-refractivity contribution in [1.29, 1.82) is 0 Å². The summed E-state index contributed by atoms with van der Waals surface area (Å²) < 4.78 is 10.8. The predicted molar refractivity (Wildman–Crippen MR) is 87.5 cm³/mol. The Morgan fingerprint density at radius 1 is 0.905 bits per heavy atom. The molecule has 0 fully saturated rings. The van der Waals surface area contributed by atoms with E-state index in [9.17, 15) is 0 Å². The standard InChI is InChI=1S/C18H23NO2/c1-14(2)15-4-8-18(9-5-15)21-13-12-19-16-6-10-17(20-3)11-7-16/h4-11,14,19H,12-13H2,1-3H3. The van der Waals surface area contributed by atoms with Crippen LogP contribution >= 0.6 is 0 Å². The summed E-state index contributed by atoms with van der Waals surface area (Å²) in [6, 6.07) is 16.2. The van der Waals surface area contributed by atoms with E-state index in [1.165, 1.54) is 5.56 Å². The summed E-state index contributed by atoms with van der Waals surface area (Å²) >= 11 is 0. The molecule has 0 aliphatic rings. The van der Waals surface area contributed by atoms with Gasteiger partial charge in [0, 0.05) is 12.2 Å². The van der Waals surface area contributed by atoms with Gasteiger partial charge in [0.15, 0.2) is 0 Å². The van der Waals surface area contributed by atoms with E-state index >= 15 is 0 Å². The van der Waals surface area contributed by atoms with E-state index in [4.69, 9.17) is 9.47 Å². The smallest absolute Gasteiger partial charge is 0.119 e. The molecule has 3 heteroatoms. The molecule has 112 valence electrons. The lowest BCUT2D eigenvalue weighted by Crippen LogP contribution is -2.11. The molecular weight excluding hydrogens is 262 g/mol. The number of hydrogen-bond donors (Lipinski definition) is 1. The van der Waals surface area contributed by atoms with Gasteiger partial charge in [0.1, 0.15) is 18.1 Å². The van der Waals surface area contributed by atoms with Gasteiger partial charge in [0.25, 0.3) is 0 Å². The number of methoxy groups -OCH3 is 1. The fraction of sp³-hybridized carbons (Fsp3) is 0.333. The Morgan fingerprint density at radius 2 is 1.52 bits per heavy atom. The number of benzene rings is 2. The van der Waals surface area contributed by atoms with E-state index in [0.717, 1.165) is 23.7 Å². The Labute approximate surface area is 126 Å². The van der Waals surface area contributed by atoms with Crippen molar-refractivity contribution >= 4 is 5.69 Å². The zero-order chi connectivity index (χ0) is 15.1. The first-order valence-corrected chi connectivity index (χ1v) is 7.29. The summed E-state index contributed by atoms with van der Waals surface area (Å²) in [5.41, 5.74) is 2.40. The largest absolute Gasteiger partial charge is 0.497 e. The molecule has 0 heterocycles. The third-order valence-electron chi connectivity index (χ3n) is 3.34. The van der Waals surface area contributed by atoms with Gasteiger partial charge in [-0.1, -0.05) is 26.0 Å². The molecule has 0 atom stereocenters. The average molecular weight is 285 g/mol. The molecule has 2 rings (SSSR count). The monoisotopic (exact) mass is 285 g/mol. The summed E-state index contributed by atoms with van der Waals surface area (Å²) in [4.78, 5) is 0. The molecule has 21 heavy (non-hydrogen) atoms. The molecule has 0 aliphatic heterocycles. The Morgan fingerprint density at radius 3 is 2.10 bits per heavy atom. The average Bonchev–Trinajstić information content (AvgIpc) is 2.52. The van der Waals surface area contributed by atoms with Crippen LogP contribution in [0.2, 0.25) is 0 Å². The third kappa shape index (κ3) is 4.71. The number of anilines is 1. The van der Waals surface area contributed by atoms with E-state index < -0.39 is 0 Å². The van der Waals surface area contributed by atoms with Gasteiger partial charge in [-0.25, -0.2) is 0 Å². The van der Waals surface area contributed by atoms with Crippen LogP contribution in [0.5, 0.6) is 11.5 Å². The minimum absolute atomic E-state index is 0.552. The molecule has 0 spiro atoms. The van der Waals surface area contributed by atoms with Gasteiger partial charge in [0.2, 0.25) is 0 Å². The first-order chi connectivity index (χ1) is 10.2. The van der Waals surface area contributed by atoms with Crippen molar-refractivity contribution < 1.29 is 9.47 Å². The molecule has 2 aromatic rings. The Balaban J connectivity index is 1.73. The molecular formula is C18H23NO2. The molecule has 0 radical (unpaired) electrons. The lowest BCUT2D eigenvalue weighted by molar-refractivity contribution is 0.333. The van der Waals surface area contributed by atoms with E-state index in [1.54, 1.807) is 7.11 Å². The number of hydrogen-bond acceptors (Lipinski definition) is 3. The SMILES string of the molecule is COc1ccc(NCCOc2ccc(C(C)C)cc2)cc1. The van der Waals surface area contributed by atoms with Crippen LogP contribution in [-0.4, -0.2) is 20.3 Å². The summed E-state index contributed by atoms with van der Waals surface area (Å²) in [6.45, 7) is 5.77. The van der Waals surface area contributed by atoms with E-state index in [2.05, 4.69) is 31.3 Å². The highest BCUT2D eigenvalue weighted by Crippen LogP contribution is 2.18. The molecule has 1 N–H and O–H groups in total. The van der Waals surface area contributed by atoms with Crippen molar-refractivity contribution in [1.82, 2.24) is 0 Å². The minimum atomic E-state index is 0.552. The van der Waals surface area contributed by atoms with Crippen molar-refractivity contribution in [2.24, 2.45) is 0 Å². The predicted octanol–water partition coefficient (Wildman–Crippen LogP) is 4.31. The maximum Gasteiger partial charge on any atom is 0.119 e. The van der Waals surface area contributed by atoms with Gasteiger partial charge < -0.3 is 14.8 Å². The summed E-state index contributed by atoms with van der Waals surface area (Å²) in [6.07, 6.45) is 0. The normalized spacial score (nSPS) is 10.5. The van der Waals surface area contributed by atoms with Crippen molar-refractivity contribution in [3.63, 3.8) is 0 Å². The van der Waals surface area contributed by atoms with Gasteiger partial charge in [-0.15, -0.1) is 0 Å². The quantitative estimate of drug-likeness (QED) is 0.769. The van der Waals surface area contributed by atoms with Crippen LogP contribution in [0.4, 0.5) is 5.69 Å². The van der Waals surface area contributed by atoms with E-state index in [1.807, 2.05) is 36.4 Å². The van der Waals surface area contributed by atoms with Crippen LogP contribution in [0.25, 0.3) is 0 Å². The highest BCUT2D eigenvalue weighted by Gasteiger charge is 1.99. The third-order valence-corrected chi connectivity index (χ3v) is 3.34. The zero-order valence-electron chi connectivity index (χ0n) is 12.9. The highest BCUT2D eigenvalue weighted by atomic mass is 16.5. The lowest BCUT2D eigenvalue weighted by atomic mass is 10.0. The molecule has 0 amide bonds. The highest BCUT2D eigenvalue weighted by molar-refractivity contribution is 5.46. The first-order valence-electron chi connectivity index (χ1n) is 7.29. The molecule has 0 aromatic heterocycles.